The van der Waals surface area contributed by atoms with Crippen LogP contribution in [0.15, 0.2) is 18.2 Å². The molecule has 0 aromatic heterocycles. The highest BCUT2D eigenvalue weighted by molar-refractivity contribution is 6.30. The normalized spacial score (nSPS) is 33.8. The summed E-state index contributed by atoms with van der Waals surface area (Å²) in [6, 6.07) is 4.09. The Kier molecular flexibility index (Phi) is 7.96. The third-order valence-electron chi connectivity index (χ3n) is 9.05. The van der Waals surface area contributed by atoms with Gasteiger partial charge < -0.3 is 25.2 Å². The maximum atomic E-state index is 13.6. The van der Waals surface area contributed by atoms with Gasteiger partial charge in [-0.15, -0.1) is 0 Å². The number of carbonyl (C=O) groups is 2. The fourth-order valence-electron chi connectivity index (χ4n) is 6.86. The molecule has 37 heavy (non-hydrogen) atoms. The number of halogens is 2. The van der Waals surface area contributed by atoms with Gasteiger partial charge in [0.25, 0.3) is 5.91 Å². The molecule has 8 nitrogen and oxygen atoms in total. The van der Waals surface area contributed by atoms with Crippen molar-refractivity contribution in [3.8, 4) is 5.75 Å². The molecule has 2 bridgehead atoms. The van der Waals surface area contributed by atoms with E-state index in [4.69, 9.17) is 21.1 Å². The maximum absolute atomic E-state index is 13.6. The van der Waals surface area contributed by atoms with Crippen molar-refractivity contribution in [1.82, 2.24) is 16.0 Å². The quantitative estimate of drug-likeness (QED) is 0.406. The van der Waals surface area contributed by atoms with E-state index < -0.39 is 22.9 Å². The molecule has 204 valence electrons. The standard InChI is InChI=1S/C27H37ClFN3O5/c28-19-7-6-18(12-20(19)29)36-15-23(34)32-26-8-10-27(11-9-26,22(33)13-26)25(35)30-14-21-24(37-16-31-21)17-4-2-1-3-5-17/h6-7,12,17,21-22,24,31,33H,1-5,8-11,13-16H2,(H,30,35)(H,32,34). The van der Waals surface area contributed by atoms with Gasteiger partial charge in [-0.2, -0.15) is 0 Å². The SMILES string of the molecule is O=C(COc1ccc(Cl)c(F)c1)NC12CCC(C(=O)NCC3NCOC3C3CCCCC3)(CC1)C(O)C2. The van der Waals surface area contributed by atoms with Crippen molar-refractivity contribution in [3.63, 3.8) is 0 Å². The predicted molar refractivity (Wildman–Crippen MR) is 136 cm³/mol. The highest BCUT2D eigenvalue weighted by atomic mass is 35.5. The lowest BCUT2D eigenvalue weighted by atomic mass is 9.55. The summed E-state index contributed by atoms with van der Waals surface area (Å²) in [6.45, 7) is 0.719. The number of aliphatic hydroxyl groups is 1. The van der Waals surface area contributed by atoms with Crippen LogP contribution < -0.4 is 20.7 Å². The largest absolute Gasteiger partial charge is 0.484 e. The Balaban J connectivity index is 1.12. The molecular formula is C27H37ClFN3O5. The summed E-state index contributed by atoms with van der Waals surface area (Å²) >= 11 is 5.68. The van der Waals surface area contributed by atoms with Gasteiger partial charge in [0.1, 0.15) is 11.6 Å². The first-order valence-electron chi connectivity index (χ1n) is 13.5. The van der Waals surface area contributed by atoms with E-state index in [2.05, 4.69) is 16.0 Å². The van der Waals surface area contributed by atoms with Crippen LogP contribution in [0.2, 0.25) is 5.02 Å². The summed E-state index contributed by atoms with van der Waals surface area (Å²) in [4.78, 5) is 26.0. The second-order valence-corrected chi connectivity index (χ2v) is 11.7. The summed E-state index contributed by atoms with van der Waals surface area (Å²) in [5.74, 6) is -0.321. The van der Waals surface area contributed by atoms with Gasteiger partial charge in [-0.05, 0) is 63.0 Å². The molecule has 1 aromatic rings. The van der Waals surface area contributed by atoms with Crippen molar-refractivity contribution in [1.29, 1.82) is 0 Å². The van der Waals surface area contributed by atoms with E-state index in [0.29, 0.717) is 51.3 Å². The zero-order valence-electron chi connectivity index (χ0n) is 21.1. The first-order chi connectivity index (χ1) is 17.8. The van der Waals surface area contributed by atoms with E-state index in [9.17, 15) is 19.1 Å². The van der Waals surface area contributed by atoms with Gasteiger partial charge in [0.05, 0.1) is 35.4 Å². The number of fused-ring (bicyclic) bond motifs is 3. The highest BCUT2D eigenvalue weighted by Crippen LogP contribution is 2.52. The van der Waals surface area contributed by atoms with Crippen molar-refractivity contribution in [2.45, 2.75) is 88.0 Å². The predicted octanol–water partition coefficient (Wildman–Crippen LogP) is 3.05. The average Bonchev–Trinajstić information content (AvgIpc) is 3.37. The lowest BCUT2D eigenvalue weighted by Crippen LogP contribution is -2.66. The van der Waals surface area contributed by atoms with Gasteiger partial charge >= 0.3 is 0 Å². The van der Waals surface area contributed by atoms with Crippen LogP contribution in [-0.2, 0) is 14.3 Å². The Labute approximate surface area is 222 Å². The van der Waals surface area contributed by atoms with Crippen molar-refractivity contribution < 1.29 is 28.6 Å². The molecule has 1 heterocycles. The molecule has 1 aliphatic heterocycles. The van der Waals surface area contributed by atoms with Gasteiger partial charge in [0.2, 0.25) is 5.91 Å². The van der Waals surface area contributed by atoms with Crippen molar-refractivity contribution in [2.75, 3.05) is 19.9 Å². The van der Waals surface area contributed by atoms with E-state index in [0.717, 1.165) is 6.07 Å². The summed E-state index contributed by atoms with van der Waals surface area (Å²) in [7, 11) is 0. The first-order valence-corrected chi connectivity index (χ1v) is 13.9. The molecule has 2 amide bonds. The smallest absolute Gasteiger partial charge is 0.258 e. The number of ether oxygens (including phenoxy) is 2. The van der Waals surface area contributed by atoms with Gasteiger partial charge in [-0.3, -0.25) is 14.9 Å². The number of amides is 2. The molecular weight excluding hydrogens is 501 g/mol. The van der Waals surface area contributed by atoms with Crippen LogP contribution in [-0.4, -0.2) is 60.6 Å². The van der Waals surface area contributed by atoms with Crippen molar-refractivity contribution in [3.05, 3.63) is 29.0 Å². The van der Waals surface area contributed by atoms with E-state index in [1.54, 1.807) is 0 Å². The summed E-state index contributed by atoms with van der Waals surface area (Å²) in [5.41, 5.74) is -1.40. The molecule has 5 aliphatic rings. The third-order valence-corrected chi connectivity index (χ3v) is 9.36. The molecule has 0 radical (unpaired) electrons. The third kappa shape index (κ3) is 5.60. The minimum atomic E-state index is -0.844. The first kappa shape index (κ1) is 26.7. The Morgan fingerprint density at radius 3 is 2.65 bits per heavy atom. The Morgan fingerprint density at radius 1 is 1.19 bits per heavy atom. The molecule has 10 heteroatoms. The van der Waals surface area contributed by atoms with Crippen LogP contribution in [0.5, 0.6) is 5.75 Å². The Hall–Kier alpha value is -1.94. The number of rotatable bonds is 8. The highest BCUT2D eigenvalue weighted by Gasteiger charge is 2.58. The summed E-state index contributed by atoms with van der Waals surface area (Å²) in [5, 5.41) is 20.6. The van der Waals surface area contributed by atoms with Gasteiger partial charge in [0.15, 0.2) is 6.61 Å². The summed E-state index contributed by atoms with van der Waals surface area (Å²) < 4.78 is 25.0. The maximum Gasteiger partial charge on any atom is 0.258 e. The molecule has 4 N–H and O–H groups in total. The van der Waals surface area contributed by atoms with E-state index >= 15 is 0 Å². The molecule has 1 aromatic carbocycles. The Bertz CT molecular complexity index is 996. The van der Waals surface area contributed by atoms with E-state index in [-0.39, 0.29) is 41.3 Å². The van der Waals surface area contributed by atoms with Crippen molar-refractivity contribution >= 4 is 23.4 Å². The molecule has 3 atom stereocenters. The summed E-state index contributed by atoms with van der Waals surface area (Å²) in [6.07, 6.45) is 7.93. The minimum absolute atomic E-state index is 0.0153. The molecule has 0 spiro atoms. The van der Waals surface area contributed by atoms with Gasteiger partial charge in [-0.25, -0.2) is 4.39 Å². The van der Waals surface area contributed by atoms with Gasteiger partial charge in [0, 0.05) is 18.2 Å². The van der Waals surface area contributed by atoms with Crippen LogP contribution in [0.1, 0.15) is 64.2 Å². The fourth-order valence-corrected chi connectivity index (χ4v) is 6.97. The number of aliphatic hydroxyl groups excluding tert-OH is 1. The zero-order valence-corrected chi connectivity index (χ0v) is 21.8. The molecule has 4 aliphatic carbocycles. The molecule has 1 saturated heterocycles. The minimum Gasteiger partial charge on any atom is -0.484 e. The van der Waals surface area contributed by atoms with Crippen LogP contribution in [0.4, 0.5) is 4.39 Å². The Morgan fingerprint density at radius 2 is 1.95 bits per heavy atom. The topological polar surface area (TPSA) is 109 Å². The van der Waals surface area contributed by atoms with Gasteiger partial charge in [-0.1, -0.05) is 30.9 Å². The van der Waals surface area contributed by atoms with Crippen molar-refractivity contribution in [2.24, 2.45) is 11.3 Å². The van der Waals surface area contributed by atoms with Crippen LogP contribution in [0.25, 0.3) is 0 Å². The molecule has 6 rings (SSSR count). The number of hydrogen-bond acceptors (Lipinski definition) is 6. The fraction of sp³-hybridized carbons (Fsp3) is 0.704. The number of benzene rings is 1. The van der Waals surface area contributed by atoms with Crippen LogP contribution >= 0.6 is 11.6 Å². The van der Waals surface area contributed by atoms with E-state index in [1.165, 1.54) is 44.2 Å². The van der Waals surface area contributed by atoms with Crippen LogP contribution in [0.3, 0.4) is 0 Å². The number of hydrogen-bond donors (Lipinski definition) is 4. The molecule has 5 fully saturated rings. The molecule has 4 saturated carbocycles. The van der Waals surface area contributed by atoms with E-state index in [1.807, 2.05) is 0 Å². The zero-order chi connectivity index (χ0) is 26.0. The monoisotopic (exact) mass is 537 g/mol. The number of carbonyl (C=O) groups excluding carboxylic acids is 2. The van der Waals surface area contributed by atoms with Crippen LogP contribution in [0, 0.1) is 17.2 Å². The second-order valence-electron chi connectivity index (χ2n) is 11.3. The number of nitrogens with one attached hydrogen (secondary N) is 3. The second kappa shape index (κ2) is 11.0. The lowest BCUT2D eigenvalue weighted by molar-refractivity contribution is -0.156. The molecule has 3 unspecified atom stereocenters. The lowest BCUT2D eigenvalue weighted by Gasteiger charge is -2.55. The average molecular weight is 538 g/mol.